The van der Waals surface area contributed by atoms with E-state index in [9.17, 15) is 8.78 Å². The summed E-state index contributed by atoms with van der Waals surface area (Å²) in [4.78, 5) is 0. The zero-order valence-electron chi connectivity index (χ0n) is 10.8. The van der Waals surface area contributed by atoms with E-state index in [1.165, 1.54) is 12.1 Å². The summed E-state index contributed by atoms with van der Waals surface area (Å²) in [6, 6.07) is 2.30. The van der Waals surface area contributed by atoms with E-state index in [1.807, 2.05) is 6.92 Å². The van der Waals surface area contributed by atoms with Crippen LogP contribution in [0.5, 0.6) is 0 Å². The van der Waals surface area contributed by atoms with Crippen LogP contribution in [0.25, 0.3) is 0 Å². The molecule has 1 N–H and O–H groups in total. The Hall–Kier alpha value is -1.00. The van der Waals surface area contributed by atoms with Gasteiger partial charge in [-0.15, -0.1) is 0 Å². The molecule has 0 saturated carbocycles. The summed E-state index contributed by atoms with van der Waals surface area (Å²) in [5.74, 6) is -0.724. The third-order valence-corrected chi connectivity index (χ3v) is 3.42. The molecule has 1 saturated heterocycles. The lowest BCUT2D eigenvalue weighted by molar-refractivity contribution is 0.108. The molecule has 18 heavy (non-hydrogen) atoms. The summed E-state index contributed by atoms with van der Waals surface area (Å²) in [5, 5.41) is 3.20. The topological polar surface area (TPSA) is 21.3 Å². The third kappa shape index (κ3) is 3.06. The number of halogens is 2. The smallest absolute Gasteiger partial charge is 0.128 e. The molecule has 2 nitrogen and oxygen atoms in total. The largest absolute Gasteiger partial charge is 0.377 e. The van der Waals surface area contributed by atoms with E-state index >= 15 is 0 Å². The molecule has 2 unspecified atom stereocenters. The van der Waals surface area contributed by atoms with Gasteiger partial charge >= 0.3 is 0 Å². The lowest BCUT2D eigenvalue weighted by atomic mass is 10.0. The van der Waals surface area contributed by atoms with Gasteiger partial charge in [0.15, 0.2) is 0 Å². The zero-order valence-corrected chi connectivity index (χ0v) is 10.8. The summed E-state index contributed by atoms with van der Waals surface area (Å²) < 4.78 is 32.7. The lowest BCUT2D eigenvalue weighted by Gasteiger charge is -2.18. The molecule has 0 radical (unpaired) electrons. The molecule has 1 aliphatic heterocycles. The Kier molecular flexibility index (Phi) is 4.30. The predicted octanol–water partition coefficient (Wildman–Crippen LogP) is 3.10. The van der Waals surface area contributed by atoms with Crippen LogP contribution in [0.2, 0.25) is 0 Å². The van der Waals surface area contributed by atoms with Gasteiger partial charge in [-0.3, -0.25) is 0 Å². The molecule has 0 spiro atoms. The second-order valence-electron chi connectivity index (χ2n) is 4.89. The van der Waals surface area contributed by atoms with Gasteiger partial charge in [0, 0.05) is 24.8 Å². The van der Waals surface area contributed by atoms with Gasteiger partial charge in [-0.05, 0) is 44.4 Å². The number of rotatable bonds is 4. The fourth-order valence-electron chi connectivity index (χ4n) is 2.22. The predicted molar refractivity (Wildman–Crippen MR) is 66.5 cm³/mol. The second-order valence-corrected chi connectivity index (χ2v) is 4.89. The Morgan fingerprint density at radius 3 is 2.83 bits per heavy atom. The maximum absolute atomic E-state index is 13.7. The van der Waals surface area contributed by atoms with Gasteiger partial charge in [0.2, 0.25) is 0 Å². The maximum Gasteiger partial charge on any atom is 0.128 e. The number of hydrogen-bond donors (Lipinski definition) is 1. The van der Waals surface area contributed by atoms with E-state index in [4.69, 9.17) is 4.74 Å². The average Bonchev–Trinajstić information content (AvgIpc) is 2.84. The Labute approximate surface area is 106 Å². The molecular weight excluding hydrogens is 236 g/mol. The van der Waals surface area contributed by atoms with Gasteiger partial charge in [0.1, 0.15) is 11.6 Å². The van der Waals surface area contributed by atoms with E-state index in [1.54, 1.807) is 6.92 Å². The highest BCUT2D eigenvalue weighted by Crippen LogP contribution is 2.21. The average molecular weight is 255 g/mol. The monoisotopic (exact) mass is 255 g/mol. The molecule has 1 aromatic rings. The third-order valence-electron chi connectivity index (χ3n) is 3.42. The maximum atomic E-state index is 13.7. The molecule has 1 heterocycles. The van der Waals surface area contributed by atoms with Crippen molar-refractivity contribution >= 4 is 0 Å². The Bertz CT molecular complexity index is 417. The fourth-order valence-corrected chi connectivity index (χ4v) is 2.22. The van der Waals surface area contributed by atoms with E-state index < -0.39 is 0 Å². The minimum atomic E-state index is -0.364. The minimum Gasteiger partial charge on any atom is -0.377 e. The van der Waals surface area contributed by atoms with Crippen LogP contribution in [0, 0.1) is 18.6 Å². The van der Waals surface area contributed by atoms with Crippen LogP contribution in [0.1, 0.15) is 36.9 Å². The summed E-state index contributed by atoms with van der Waals surface area (Å²) in [6.07, 6.45) is 2.31. The van der Waals surface area contributed by atoms with Crippen molar-refractivity contribution in [3.05, 3.63) is 34.9 Å². The van der Waals surface area contributed by atoms with Gasteiger partial charge in [0.25, 0.3) is 0 Å². The van der Waals surface area contributed by atoms with Gasteiger partial charge in [-0.25, -0.2) is 8.78 Å². The molecule has 2 rings (SSSR count). The highest BCUT2D eigenvalue weighted by atomic mass is 19.1. The van der Waals surface area contributed by atoms with Gasteiger partial charge in [-0.1, -0.05) is 0 Å². The van der Waals surface area contributed by atoms with Crippen molar-refractivity contribution in [3.8, 4) is 0 Å². The molecule has 1 aromatic carbocycles. The summed E-state index contributed by atoms with van der Waals surface area (Å²) in [5.41, 5.74) is 0.707. The van der Waals surface area contributed by atoms with Crippen LogP contribution in [0.15, 0.2) is 12.1 Å². The fraction of sp³-hybridized carbons (Fsp3) is 0.571. The normalized spacial score (nSPS) is 21.2. The van der Waals surface area contributed by atoms with Crippen molar-refractivity contribution in [2.24, 2.45) is 0 Å². The highest BCUT2D eigenvalue weighted by molar-refractivity contribution is 5.27. The molecule has 1 aliphatic rings. The number of ether oxygens (including phenoxy) is 1. The molecule has 2 atom stereocenters. The number of aryl methyl sites for hydroxylation is 1. The van der Waals surface area contributed by atoms with Crippen molar-refractivity contribution in [2.75, 3.05) is 13.2 Å². The summed E-state index contributed by atoms with van der Waals surface area (Å²) in [6.45, 7) is 4.87. The Morgan fingerprint density at radius 1 is 1.39 bits per heavy atom. The molecule has 4 heteroatoms. The quantitative estimate of drug-likeness (QED) is 0.892. The highest BCUT2D eigenvalue weighted by Gasteiger charge is 2.18. The number of hydrogen-bond acceptors (Lipinski definition) is 2. The van der Waals surface area contributed by atoms with Crippen LogP contribution in [-0.4, -0.2) is 19.3 Å². The van der Waals surface area contributed by atoms with Crippen LogP contribution < -0.4 is 5.32 Å². The van der Waals surface area contributed by atoms with Gasteiger partial charge in [-0.2, -0.15) is 0 Å². The molecule has 0 bridgehead atoms. The zero-order chi connectivity index (χ0) is 13.1. The first kappa shape index (κ1) is 13.4. The molecule has 1 fully saturated rings. The minimum absolute atomic E-state index is 0.200. The van der Waals surface area contributed by atoms with Crippen LogP contribution in [-0.2, 0) is 4.74 Å². The van der Waals surface area contributed by atoms with E-state index in [2.05, 4.69) is 5.32 Å². The summed E-state index contributed by atoms with van der Waals surface area (Å²) >= 11 is 0. The SMILES string of the molecule is Cc1cc(F)c(C(C)NCC2CCCO2)cc1F. The number of benzene rings is 1. The molecule has 0 aromatic heterocycles. The number of nitrogens with one attached hydrogen (secondary N) is 1. The van der Waals surface area contributed by atoms with E-state index in [0.717, 1.165) is 19.4 Å². The molecule has 100 valence electrons. The van der Waals surface area contributed by atoms with Crippen LogP contribution in [0.4, 0.5) is 8.78 Å². The molecule has 0 aliphatic carbocycles. The van der Waals surface area contributed by atoms with Crippen molar-refractivity contribution < 1.29 is 13.5 Å². The Balaban J connectivity index is 1.99. The van der Waals surface area contributed by atoms with Crippen molar-refractivity contribution in [2.45, 2.75) is 38.8 Å². The van der Waals surface area contributed by atoms with Crippen LogP contribution >= 0.6 is 0 Å². The first-order valence-corrected chi connectivity index (χ1v) is 6.38. The van der Waals surface area contributed by atoms with Crippen LogP contribution in [0.3, 0.4) is 0 Å². The van der Waals surface area contributed by atoms with E-state index in [0.29, 0.717) is 17.7 Å². The molecular formula is C14H19F2NO. The lowest BCUT2D eigenvalue weighted by Crippen LogP contribution is -2.29. The standard InChI is InChI=1S/C14H19F2NO/c1-9-6-14(16)12(7-13(9)15)10(2)17-8-11-4-3-5-18-11/h6-7,10-11,17H,3-5,8H2,1-2H3. The van der Waals surface area contributed by atoms with Gasteiger partial charge < -0.3 is 10.1 Å². The van der Waals surface area contributed by atoms with Crippen molar-refractivity contribution in [3.63, 3.8) is 0 Å². The van der Waals surface area contributed by atoms with Crippen molar-refractivity contribution in [1.29, 1.82) is 0 Å². The van der Waals surface area contributed by atoms with E-state index in [-0.39, 0.29) is 23.8 Å². The first-order chi connectivity index (χ1) is 8.58. The second kappa shape index (κ2) is 5.76. The summed E-state index contributed by atoms with van der Waals surface area (Å²) in [7, 11) is 0. The van der Waals surface area contributed by atoms with Gasteiger partial charge in [0.05, 0.1) is 6.10 Å². The van der Waals surface area contributed by atoms with Crippen molar-refractivity contribution in [1.82, 2.24) is 5.32 Å². The Morgan fingerprint density at radius 2 is 2.17 bits per heavy atom. The molecule has 0 amide bonds. The first-order valence-electron chi connectivity index (χ1n) is 6.38.